The smallest absolute Gasteiger partial charge is 0.237 e. The van der Waals surface area contributed by atoms with Crippen LogP contribution in [-0.2, 0) is 4.79 Å². The van der Waals surface area contributed by atoms with Crippen molar-refractivity contribution < 1.29 is 18.4 Å². The van der Waals surface area contributed by atoms with Gasteiger partial charge in [-0.3, -0.25) is 14.5 Å². The number of hydrogen-bond acceptors (Lipinski definition) is 3. The predicted octanol–water partition coefficient (Wildman–Crippen LogP) is 1.36. The summed E-state index contributed by atoms with van der Waals surface area (Å²) in [6.45, 7) is 2.81. The predicted molar refractivity (Wildman–Crippen MR) is 69.4 cm³/mol. The van der Waals surface area contributed by atoms with Crippen molar-refractivity contribution in [3.63, 3.8) is 0 Å². The minimum Gasteiger partial charge on any atom is -0.353 e. The second-order valence-electron chi connectivity index (χ2n) is 4.73. The minimum absolute atomic E-state index is 0.0471. The van der Waals surface area contributed by atoms with Crippen molar-refractivity contribution in [2.45, 2.75) is 19.4 Å². The Morgan fingerprint density at radius 1 is 1.45 bits per heavy atom. The molecule has 1 unspecified atom stereocenters. The molecule has 1 N–H and O–H groups in total. The Kier molecular flexibility index (Phi) is 4.44. The van der Waals surface area contributed by atoms with E-state index in [9.17, 15) is 18.4 Å². The third kappa shape index (κ3) is 3.01. The highest BCUT2D eigenvalue weighted by atomic mass is 19.1. The van der Waals surface area contributed by atoms with Gasteiger partial charge in [-0.1, -0.05) is 6.92 Å². The largest absolute Gasteiger partial charge is 0.353 e. The van der Waals surface area contributed by atoms with E-state index in [0.29, 0.717) is 25.6 Å². The third-order valence-electron chi connectivity index (χ3n) is 3.41. The molecule has 6 heteroatoms. The van der Waals surface area contributed by atoms with Crippen LogP contribution in [-0.4, -0.2) is 42.3 Å². The molecule has 0 spiro atoms. The highest BCUT2D eigenvalue weighted by Gasteiger charge is 2.29. The molecule has 0 saturated carbocycles. The van der Waals surface area contributed by atoms with E-state index in [1.165, 1.54) is 0 Å². The molecule has 1 amide bonds. The van der Waals surface area contributed by atoms with E-state index >= 15 is 0 Å². The number of piperazine rings is 1. The topological polar surface area (TPSA) is 49.4 Å². The Labute approximate surface area is 115 Å². The van der Waals surface area contributed by atoms with Crippen molar-refractivity contribution in [1.82, 2.24) is 10.2 Å². The van der Waals surface area contributed by atoms with E-state index < -0.39 is 17.4 Å². The van der Waals surface area contributed by atoms with E-state index in [1.54, 1.807) is 4.90 Å². The number of hydrogen-bond donors (Lipinski definition) is 1. The molecule has 1 aromatic carbocycles. The number of amides is 1. The number of carbonyl (C=O) groups is 2. The van der Waals surface area contributed by atoms with E-state index in [0.717, 1.165) is 12.1 Å². The van der Waals surface area contributed by atoms with Gasteiger partial charge in [0.1, 0.15) is 11.6 Å². The lowest BCUT2D eigenvalue weighted by Crippen LogP contribution is -2.56. The van der Waals surface area contributed by atoms with Crippen LogP contribution in [0.25, 0.3) is 0 Å². The summed E-state index contributed by atoms with van der Waals surface area (Å²) in [6.07, 6.45) is 0.574. The highest BCUT2D eigenvalue weighted by Crippen LogP contribution is 2.14. The highest BCUT2D eigenvalue weighted by molar-refractivity contribution is 5.98. The van der Waals surface area contributed by atoms with Crippen molar-refractivity contribution >= 4 is 11.7 Å². The van der Waals surface area contributed by atoms with Gasteiger partial charge in [0.25, 0.3) is 0 Å². The Balaban J connectivity index is 2.12. The fourth-order valence-electron chi connectivity index (χ4n) is 2.38. The summed E-state index contributed by atoms with van der Waals surface area (Å²) in [7, 11) is 0. The van der Waals surface area contributed by atoms with Gasteiger partial charge in [0.05, 0.1) is 18.2 Å². The van der Waals surface area contributed by atoms with Crippen LogP contribution in [0.5, 0.6) is 0 Å². The van der Waals surface area contributed by atoms with Crippen molar-refractivity contribution in [3.05, 3.63) is 35.4 Å². The molecule has 1 aromatic rings. The number of nitrogens with zero attached hydrogens (tertiary/aromatic N) is 1. The SMILES string of the molecule is CCC1C(=O)NCCN1CC(=O)c1ccc(F)cc1F. The zero-order valence-corrected chi connectivity index (χ0v) is 11.2. The van der Waals surface area contributed by atoms with E-state index in [-0.39, 0.29) is 24.1 Å². The first-order valence-electron chi connectivity index (χ1n) is 6.53. The normalized spacial score (nSPS) is 19.8. The maximum absolute atomic E-state index is 13.6. The average molecular weight is 282 g/mol. The van der Waals surface area contributed by atoms with Crippen molar-refractivity contribution in [2.24, 2.45) is 0 Å². The maximum Gasteiger partial charge on any atom is 0.237 e. The van der Waals surface area contributed by atoms with Gasteiger partial charge in [-0.15, -0.1) is 0 Å². The van der Waals surface area contributed by atoms with Crippen LogP contribution in [0.4, 0.5) is 8.78 Å². The molecule has 0 aliphatic carbocycles. The van der Waals surface area contributed by atoms with E-state index in [2.05, 4.69) is 5.32 Å². The number of ketones is 1. The third-order valence-corrected chi connectivity index (χ3v) is 3.41. The van der Waals surface area contributed by atoms with Crippen LogP contribution in [0.3, 0.4) is 0 Å². The van der Waals surface area contributed by atoms with Gasteiger partial charge >= 0.3 is 0 Å². The summed E-state index contributed by atoms with van der Waals surface area (Å²) >= 11 is 0. The number of carbonyl (C=O) groups excluding carboxylic acids is 2. The molecule has 1 saturated heterocycles. The first-order chi connectivity index (χ1) is 9.52. The first kappa shape index (κ1) is 14.6. The molecule has 2 rings (SSSR count). The van der Waals surface area contributed by atoms with Crippen LogP contribution < -0.4 is 5.32 Å². The van der Waals surface area contributed by atoms with Crippen LogP contribution in [0, 0.1) is 11.6 Å². The molecule has 0 bridgehead atoms. The van der Waals surface area contributed by atoms with Crippen molar-refractivity contribution in [3.8, 4) is 0 Å². The Hall–Kier alpha value is -1.82. The fourth-order valence-corrected chi connectivity index (χ4v) is 2.38. The van der Waals surface area contributed by atoms with Crippen molar-refractivity contribution in [2.75, 3.05) is 19.6 Å². The Morgan fingerprint density at radius 3 is 2.85 bits per heavy atom. The maximum atomic E-state index is 13.6. The lowest BCUT2D eigenvalue weighted by molar-refractivity contribution is -0.128. The summed E-state index contributed by atoms with van der Waals surface area (Å²) in [4.78, 5) is 25.5. The first-order valence-corrected chi connectivity index (χ1v) is 6.53. The second kappa shape index (κ2) is 6.09. The summed E-state index contributed by atoms with van der Waals surface area (Å²) in [5.74, 6) is -2.16. The quantitative estimate of drug-likeness (QED) is 0.848. The van der Waals surface area contributed by atoms with Gasteiger partial charge < -0.3 is 5.32 Å². The summed E-state index contributed by atoms with van der Waals surface area (Å²) < 4.78 is 26.4. The van der Waals surface area contributed by atoms with Gasteiger partial charge in [0.15, 0.2) is 5.78 Å². The monoisotopic (exact) mass is 282 g/mol. The standard InChI is InChI=1S/C14H16F2N2O2/c1-2-12-14(20)17-5-6-18(12)8-13(19)10-4-3-9(15)7-11(10)16/h3-4,7,12H,2,5-6,8H2,1H3,(H,17,20). The Bertz CT molecular complexity index is 534. The summed E-state index contributed by atoms with van der Waals surface area (Å²) in [6, 6.07) is 2.50. The zero-order valence-electron chi connectivity index (χ0n) is 11.2. The average Bonchev–Trinajstić information content (AvgIpc) is 2.38. The number of benzene rings is 1. The van der Waals surface area contributed by atoms with Crippen LogP contribution in [0.15, 0.2) is 18.2 Å². The molecular weight excluding hydrogens is 266 g/mol. The molecule has 1 aliphatic rings. The van der Waals surface area contributed by atoms with Crippen LogP contribution in [0.1, 0.15) is 23.7 Å². The summed E-state index contributed by atoms with van der Waals surface area (Å²) in [5, 5.41) is 2.73. The van der Waals surface area contributed by atoms with Crippen molar-refractivity contribution in [1.29, 1.82) is 0 Å². The van der Waals surface area contributed by atoms with E-state index in [4.69, 9.17) is 0 Å². The van der Waals surface area contributed by atoms with E-state index in [1.807, 2.05) is 6.92 Å². The molecule has 108 valence electrons. The molecule has 0 aromatic heterocycles. The number of halogens is 2. The molecule has 1 aliphatic heterocycles. The van der Waals surface area contributed by atoms with Gasteiger partial charge in [0, 0.05) is 19.2 Å². The van der Waals surface area contributed by atoms with Gasteiger partial charge in [-0.25, -0.2) is 8.78 Å². The fraction of sp³-hybridized carbons (Fsp3) is 0.429. The zero-order chi connectivity index (χ0) is 14.7. The van der Waals surface area contributed by atoms with Gasteiger partial charge in [-0.05, 0) is 18.6 Å². The lowest BCUT2D eigenvalue weighted by Gasteiger charge is -2.33. The molecule has 20 heavy (non-hydrogen) atoms. The lowest BCUT2D eigenvalue weighted by atomic mass is 10.1. The number of Topliss-reactive ketones (excluding diaryl/α,β-unsaturated/α-hetero) is 1. The number of rotatable bonds is 4. The minimum atomic E-state index is -0.871. The number of nitrogens with one attached hydrogen (secondary N) is 1. The molecule has 0 radical (unpaired) electrons. The van der Waals surface area contributed by atoms with Crippen LogP contribution in [0.2, 0.25) is 0 Å². The second-order valence-corrected chi connectivity index (χ2v) is 4.73. The van der Waals surface area contributed by atoms with Gasteiger partial charge in [-0.2, -0.15) is 0 Å². The molecule has 1 fully saturated rings. The molecular formula is C14H16F2N2O2. The molecule has 1 atom stereocenters. The molecule has 1 heterocycles. The molecule has 4 nitrogen and oxygen atoms in total. The van der Waals surface area contributed by atoms with Crippen LogP contribution >= 0.6 is 0 Å². The summed E-state index contributed by atoms with van der Waals surface area (Å²) in [5.41, 5.74) is -0.146. The van der Waals surface area contributed by atoms with Gasteiger partial charge in [0.2, 0.25) is 5.91 Å². The Morgan fingerprint density at radius 2 is 2.20 bits per heavy atom.